The minimum absolute atomic E-state index is 0.226. The van der Waals surface area contributed by atoms with Crippen LogP contribution >= 0.6 is 0 Å². The maximum absolute atomic E-state index is 13.1. The van der Waals surface area contributed by atoms with E-state index in [-0.39, 0.29) is 25.6 Å². The van der Waals surface area contributed by atoms with Gasteiger partial charge in [0.25, 0.3) is 0 Å². The Balaban J connectivity index is 2.28. The highest BCUT2D eigenvalue weighted by Gasteiger charge is 2.53. The smallest absolute Gasteiger partial charge is 0.324 e. The zero-order chi connectivity index (χ0) is 22.0. The van der Waals surface area contributed by atoms with E-state index in [4.69, 9.17) is 9.47 Å². The van der Waals surface area contributed by atoms with Crippen molar-refractivity contribution in [1.82, 2.24) is 0 Å². The summed E-state index contributed by atoms with van der Waals surface area (Å²) in [4.78, 5) is 26.2. The summed E-state index contributed by atoms with van der Waals surface area (Å²) in [5, 5.41) is 1.39. The number of carbonyl (C=O) groups excluding carboxylic acids is 2. The van der Waals surface area contributed by atoms with Crippen LogP contribution in [0, 0.1) is 11.3 Å². The summed E-state index contributed by atoms with van der Waals surface area (Å²) in [5.41, 5.74) is -1.36. The number of hydrogen-bond donors (Lipinski definition) is 0. The average molecular weight is 427 g/mol. The summed E-state index contributed by atoms with van der Waals surface area (Å²) in [5.74, 6) is -1.29. The maximum atomic E-state index is 13.1. The van der Waals surface area contributed by atoms with Gasteiger partial charge in [-0.15, -0.1) is 0 Å². The van der Waals surface area contributed by atoms with E-state index in [0.29, 0.717) is 6.42 Å². The van der Waals surface area contributed by atoms with Crippen molar-refractivity contribution in [2.45, 2.75) is 45.8 Å². The summed E-state index contributed by atoms with van der Waals surface area (Å²) in [7, 11) is -1.64. The van der Waals surface area contributed by atoms with Gasteiger partial charge in [-0.25, -0.2) is 0 Å². The SMILES string of the molecule is CCOC(=O)C(C/C=C\C[Si](C)(C)c1ccccc1)(C(=O)OCC)C1C=CC=CC1. The van der Waals surface area contributed by atoms with Crippen molar-refractivity contribution in [1.29, 1.82) is 0 Å². The number of rotatable bonds is 10. The van der Waals surface area contributed by atoms with Crippen LogP contribution in [0.1, 0.15) is 26.7 Å². The average Bonchev–Trinajstić information content (AvgIpc) is 2.75. The monoisotopic (exact) mass is 426 g/mol. The molecule has 1 aliphatic rings. The van der Waals surface area contributed by atoms with E-state index in [2.05, 4.69) is 43.4 Å². The highest BCUT2D eigenvalue weighted by atomic mass is 28.3. The van der Waals surface area contributed by atoms with Crippen LogP contribution < -0.4 is 5.19 Å². The fraction of sp³-hybridized carbons (Fsp3) is 0.440. The predicted molar refractivity (Wildman–Crippen MR) is 124 cm³/mol. The second-order valence-electron chi connectivity index (χ2n) is 8.20. The van der Waals surface area contributed by atoms with Crippen LogP contribution in [0.3, 0.4) is 0 Å². The summed E-state index contributed by atoms with van der Waals surface area (Å²) in [6.07, 6.45) is 12.7. The largest absolute Gasteiger partial charge is 0.465 e. The molecule has 1 atom stereocenters. The minimum atomic E-state index is -1.64. The molecule has 0 aliphatic heterocycles. The van der Waals surface area contributed by atoms with Crippen molar-refractivity contribution in [3.8, 4) is 0 Å². The Bertz CT molecular complexity index is 775. The first kappa shape index (κ1) is 23.9. The Hall–Kier alpha value is -2.40. The van der Waals surface area contributed by atoms with E-state index in [9.17, 15) is 9.59 Å². The van der Waals surface area contributed by atoms with Crippen LogP contribution in [0.2, 0.25) is 19.1 Å². The van der Waals surface area contributed by atoms with Crippen molar-refractivity contribution in [2.24, 2.45) is 11.3 Å². The second kappa shape index (κ2) is 11.1. The number of benzene rings is 1. The normalized spacial score (nSPS) is 16.6. The van der Waals surface area contributed by atoms with Crippen molar-refractivity contribution in [3.63, 3.8) is 0 Å². The molecular weight excluding hydrogens is 392 g/mol. The molecule has 0 saturated heterocycles. The Morgan fingerprint density at radius 3 is 2.20 bits per heavy atom. The summed E-state index contributed by atoms with van der Waals surface area (Å²) in [6, 6.07) is 11.5. The zero-order valence-corrected chi connectivity index (χ0v) is 19.6. The van der Waals surface area contributed by atoms with Gasteiger partial charge in [0.1, 0.15) is 0 Å². The molecule has 0 fully saturated rings. The van der Waals surface area contributed by atoms with E-state index < -0.39 is 25.4 Å². The van der Waals surface area contributed by atoms with Gasteiger partial charge in [-0.1, -0.05) is 85.1 Å². The topological polar surface area (TPSA) is 52.6 Å². The van der Waals surface area contributed by atoms with Crippen LogP contribution in [0.25, 0.3) is 0 Å². The molecular formula is C25H34O4Si. The standard InChI is InChI=1S/C25H34O4Si/c1-5-28-23(26)25(24(27)29-6-2,21-15-9-7-10-16-21)19-13-14-20-30(3,4)22-17-11-8-12-18-22/h7-15,17-18,21H,5-6,16,19-20H2,1-4H3/b14-13-. The first-order chi connectivity index (χ1) is 14.4. The molecule has 4 nitrogen and oxygen atoms in total. The molecule has 1 aromatic carbocycles. The lowest BCUT2D eigenvalue weighted by molar-refractivity contribution is -0.175. The first-order valence-corrected chi connectivity index (χ1v) is 14.0. The number of esters is 2. The molecule has 1 aliphatic carbocycles. The van der Waals surface area contributed by atoms with E-state index in [1.54, 1.807) is 13.8 Å². The van der Waals surface area contributed by atoms with Gasteiger partial charge >= 0.3 is 11.9 Å². The lowest BCUT2D eigenvalue weighted by Crippen LogP contribution is -2.47. The van der Waals surface area contributed by atoms with Gasteiger partial charge < -0.3 is 9.47 Å². The Kier molecular flexibility index (Phi) is 8.84. The Morgan fingerprint density at radius 1 is 1.03 bits per heavy atom. The quantitative estimate of drug-likeness (QED) is 0.234. The molecule has 0 bridgehead atoms. The predicted octanol–water partition coefficient (Wildman–Crippen LogP) is 4.79. The van der Waals surface area contributed by atoms with E-state index >= 15 is 0 Å². The molecule has 2 rings (SSSR count). The van der Waals surface area contributed by atoms with Crippen LogP contribution in [0.15, 0.2) is 66.8 Å². The lowest BCUT2D eigenvalue weighted by atomic mass is 9.70. The van der Waals surface area contributed by atoms with Crippen LogP contribution in [-0.2, 0) is 19.1 Å². The third-order valence-electron chi connectivity index (χ3n) is 5.68. The summed E-state index contributed by atoms with van der Waals surface area (Å²) in [6.45, 7) is 8.62. The van der Waals surface area contributed by atoms with Crippen molar-refractivity contribution in [2.75, 3.05) is 13.2 Å². The molecule has 0 spiro atoms. The molecule has 1 aromatic rings. The molecule has 30 heavy (non-hydrogen) atoms. The fourth-order valence-electron chi connectivity index (χ4n) is 3.82. The molecule has 0 aromatic heterocycles. The molecule has 0 saturated carbocycles. The molecule has 0 radical (unpaired) electrons. The van der Waals surface area contributed by atoms with E-state index in [0.717, 1.165) is 6.04 Å². The molecule has 0 heterocycles. The second-order valence-corrected chi connectivity index (χ2v) is 13.0. The third kappa shape index (κ3) is 5.60. The Morgan fingerprint density at radius 2 is 1.67 bits per heavy atom. The fourth-order valence-corrected chi connectivity index (χ4v) is 5.91. The maximum Gasteiger partial charge on any atom is 0.324 e. The van der Waals surface area contributed by atoms with Crippen LogP contribution in [-0.4, -0.2) is 33.2 Å². The number of ether oxygens (including phenoxy) is 2. The molecule has 1 unspecified atom stereocenters. The van der Waals surface area contributed by atoms with Crippen LogP contribution in [0.5, 0.6) is 0 Å². The van der Waals surface area contributed by atoms with Gasteiger partial charge in [0.05, 0.1) is 21.3 Å². The lowest BCUT2D eigenvalue weighted by Gasteiger charge is -2.34. The Labute approximate surface area is 181 Å². The van der Waals surface area contributed by atoms with E-state index in [1.165, 1.54) is 5.19 Å². The van der Waals surface area contributed by atoms with Gasteiger partial charge in [-0.05, 0) is 32.7 Å². The van der Waals surface area contributed by atoms with Gasteiger partial charge in [0.15, 0.2) is 5.41 Å². The third-order valence-corrected chi connectivity index (χ3v) is 8.84. The molecule has 162 valence electrons. The molecule has 0 N–H and O–H groups in total. The number of allylic oxidation sites excluding steroid dienone is 6. The minimum Gasteiger partial charge on any atom is -0.465 e. The number of hydrogen-bond acceptors (Lipinski definition) is 4. The molecule has 5 heteroatoms. The van der Waals surface area contributed by atoms with Gasteiger partial charge in [-0.2, -0.15) is 0 Å². The van der Waals surface area contributed by atoms with Crippen molar-refractivity contribution in [3.05, 3.63) is 66.8 Å². The number of carbonyl (C=O) groups is 2. The van der Waals surface area contributed by atoms with Crippen molar-refractivity contribution >= 4 is 25.2 Å². The highest BCUT2D eigenvalue weighted by Crippen LogP contribution is 2.40. The first-order valence-electron chi connectivity index (χ1n) is 10.8. The summed E-state index contributed by atoms with van der Waals surface area (Å²) >= 11 is 0. The van der Waals surface area contributed by atoms with Crippen molar-refractivity contribution < 1.29 is 19.1 Å². The molecule has 0 amide bonds. The van der Waals surface area contributed by atoms with Gasteiger partial charge in [0, 0.05) is 5.92 Å². The summed E-state index contributed by atoms with van der Waals surface area (Å²) < 4.78 is 10.7. The van der Waals surface area contributed by atoms with Gasteiger partial charge in [0.2, 0.25) is 0 Å². The highest BCUT2D eigenvalue weighted by molar-refractivity contribution is 6.90. The van der Waals surface area contributed by atoms with Crippen LogP contribution in [0.4, 0.5) is 0 Å². The van der Waals surface area contributed by atoms with Gasteiger partial charge in [-0.3, -0.25) is 9.59 Å². The zero-order valence-electron chi connectivity index (χ0n) is 18.6. The van der Waals surface area contributed by atoms with E-state index in [1.807, 2.05) is 36.4 Å².